The van der Waals surface area contributed by atoms with Crippen molar-refractivity contribution in [2.24, 2.45) is 13.0 Å². The lowest BCUT2D eigenvalue weighted by Gasteiger charge is -2.61. The topological polar surface area (TPSA) is 132 Å². The number of halogens is 3. The van der Waals surface area contributed by atoms with Gasteiger partial charge in [-0.15, -0.1) is 5.10 Å². The van der Waals surface area contributed by atoms with Crippen molar-refractivity contribution in [3.8, 4) is 5.88 Å². The molecule has 2 amide bonds. The third kappa shape index (κ3) is 4.52. The van der Waals surface area contributed by atoms with Crippen LogP contribution in [-0.4, -0.2) is 63.0 Å². The SMILES string of the molecule is Cn1nc(OCC(F)(F)F)cc1C(=O)Nc1cc(C2=CC(OC(=O)NC34CC(C3)C4)CO2)[nH]n1. The van der Waals surface area contributed by atoms with E-state index in [1.165, 1.54) is 13.1 Å². The van der Waals surface area contributed by atoms with Gasteiger partial charge in [-0.3, -0.25) is 14.6 Å². The van der Waals surface area contributed by atoms with E-state index in [0.29, 0.717) is 11.5 Å². The summed E-state index contributed by atoms with van der Waals surface area (Å²) in [5.74, 6) is 0.303. The minimum absolute atomic E-state index is 0.0266. The van der Waals surface area contributed by atoms with Gasteiger partial charge in [0.05, 0.1) is 0 Å². The van der Waals surface area contributed by atoms with E-state index in [0.717, 1.165) is 35.9 Å². The number of hydrogen-bond acceptors (Lipinski definition) is 7. The van der Waals surface area contributed by atoms with Crippen LogP contribution in [0.3, 0.4) is 0 Å². The van der Waals surface area contributed by atoms with Crippen LogP contribution < -0.4 is 15.4 Å². The van der Waals surface area contributed by atoms with E-state index in [-0.39, 0.29) is 29.5 Å². The number of alkyl halides is 3. The average molecular weight is 482 g/mol. The van der Waals surface area contributed by atoms with Crippen molar-refractivity contribution in [1.29, 1.82) is 0 Å². The van der Waals surface area contributed by atoms with Crippen LogP contribution in [0.15, 0.2) is 18.2 Å². The molecule has 1 aliphatic heterocycles. The largest absolute Gasteiger partial charge is 0.487 e. The fraction of sp³-hybridized carbons (Fsp3) is 0.500. The second-order valence-electron chi connectivity index (χ2n) is 8.69. The van der Waals surface area contributed by atoms with E-state index in [1.807, 2.05) is 0 Å². The molecule has 2 aromatic rings. The van der Waals surface area contributed by atoms with Crippen LogP contribution >= 0.6 is 0 Å². The summed E-state index contributed by atoms with van der Waals surface area (Å²) in [6.45, 7) is -1.37. The number of ether oxygens (including phenoxy) is 3. The molecule has 0 spiro atoms. The Labute approximate surface area is 190 Å². The van der Waals surface area contributed by atoms with Crippen molar-refractivity contribution in [2.45, 2.75) is 37.1 Å². The minimum atomic E-state index is -4.52. The van der Waals surface area contributed by atoms with Crippen LogP contribution in [0.2, 0.25) is 0 Å². The summed E-state index contributed by atoms with van der Waals surface area (Å²) in [6.07, 6.45) is -0.904. The highest BCUT2D eigenvalue weighted by molar-refractivity contribution is 6.02. The van der Waals surface area contributed by atoms with Crippen molar-refractivity contribution >= 4 is 23.6 Å². The van der Waals surface area contributed by atoms with Gasteiger partial charge in [-0.1, -0.05) is 0 Å². The summed E-state index contributed by atoms with van der Waals surface area (Å²) in [5.41, 5.74) is 0.338. The van der Waals surface area contributed by atoms with Crippen LogP contribution in [0.5, 0.6) is 5.88 Å². The number of rotatable bonds is 7. The molecule has 1 unspecified atom stereocenters. The van der Waals surface area contributed by atoms with Gasteiger partial charge >= 0.3 is 12.3 Å². The molecule has 1 atom stereocenters. The molecule has 3 fully saturated rings. The van der Waals surface area contributed by atoms with E-state index in [2.05, 4.69) is 30.7 Å². The van der Waals surface area contributed by atoms with Crippen molar-refractivity contribution < 1.29 is 37.0 Å². The predicted molar refractivity (Wildman–Crippen MR) is 109 cm³/mol. The third-order valence-electron chi connectivity index (χ3n) is 5.96. The molecule has 3 heterocycles. The van der Waals surface area contributed by atoms with Gasteiger partial charge in [0.15, 0.2) is 18.5 Å². The number of carbonyl (C=O) groups excluding carboxylic acids is 2. The molecule has 3 saturated carbocycles. The number of amides is 2. The summed E-state index contributed by atoms with van der Waals surface area (Å²) in [4.78, 5) is 24.6. The number of anilines is 1. The first-order valence-corrected chi connectivity index (χ1v) is 10.5. The molecular weight excluding hydrogens is 461 g/mol. The van der Waals surface area contributed by atoms with Gasteiger partial charge in [0.1, 0.15) is 23.8 Å². The van der Waals surface area contributed by atoms with Gasteiger partial charge in [0.25, 0.3) is 5.91 Å². The summed E-state index contributed by atoms with van der Waals surface area (Å²) in [6, 6.07) is 2.60. The maximum Gasteiger partial charge on any atom is 0.422 e. The molecule has 2 aromatic heterocycles. The zero-order valence-electron chi connectivity index (χ0n) is 17.9. The molecular formula is C20H21F3N6O5. The first kappa shape index (κ1) is 22.1. The van der Waals surface area contributed by atoms with E-state index in [1.54, 1.807) is 6.08 Å². The molecule has 0 saturated heterocycles. The lowest BCUT2D eigenvalue weighted by molar-refractivity contribution is -0.154. The fourth-order valence-corrected chi connectivity index (χ4v) is 4.26. The standard InChI is InChI=1S/C20H21F3N6O5/c1-29-13(4-16(28-29)33-9-20(21,22)23)17(30)24-15-3-12(26-27-15)14-2-11(8-32-14)34-18(31)25-19-5-10(6-19)7-19/h2-4,10-11H,5-9H2,1H3,(H,25,31)(H2,24,26,27,30). The summed E-state index contributed by atoms with van der Waals surface area (Å²) < 4.78 is 53.5. The molecule has 34 heavy (non-hydrogen) atoms. The molecule has 0 radical (unpaired) electrons. The number of hydrogen-bond donors (Lipinski definition) is 3. The van der Waals surface area contributed by atoms with Crippen LogP contribution in [0.25, 0.3) is 5.76 Å². The lowest BCUT2D eigenvalue weighted by atomic mass is 9.50. The van der Waals surface area contributed by atoms with Crippen molar-refractivity contribution in [1.82, 2.24) is 25.3 Å². The van der Waals surface area contributed by atoms with E-state index < -0.39 is 30.9 Å². The number of nitrogens with zero attached hydrogens (tertiary/aromatic N) is 3. The molecule has 11 nitrogen and oxygen atoms in total. The Bertz CT molecular complexity index is 1140. The van der Waals surface area contributed by atoms with Crippen LogP contribution in [-0.2, 0) is 16.5 Å². The quantitative estimate of drug-likeness (QED) is 0.552. The van der Waals surface area contributed by atoms with E-state index in [9.17, 15) is 22.8 Å². The van der Waals surface area contributed by atoms with Gasteiger partial charge in [-0.25, -0.2) is 4.79 Å². The number of H-pyrrole nitrogens is 1. The molecule has 182 valence electrons. The molecule has 2 bridgehead atoms. The number of aromatic nitrogens is 4. The number of nitrogens with one attached hydrogen (secondary N) is 3. The molecule has 4 aliphatic rings. The van der Waals surface area contributed by atoms with Gasteiger partial charge in [0.2, 0.25) is 5.88 Å². The normalized spacial score (nSPS) is 24.9. The van der Waals surface area contributed by atoms with Crippen LogP contribution in [0.1, 0.15) is 35.4 Å². The van der Waals surface area contributed by atoms with Crippen molar-refractivity contribution in [3.05, 3.63) is 29.6 Å². The molecule has 3 aliphatic carbocycles. The zero-order valence-corrected chi connectivity index (χ0v) is 17.9. The van der Waals surface area contributed by atoms with Gasteiger partial charge in [-0.05, 0) is 25.2 Å². The summed E-state index contributed by atoms with van der Waals surface area (Å²) >= 11 is 0. The Hall–Kier alpha value is -3.71. The zero-order chi connectivity index (χ0) is 24.1. The van der Waals surface area contributed by atoms with Crippen LogP contribution in [0, 0.1) is 5.92 Å². The van der Waals surface area contributed by atoms with Crippen molar-refractivity contribution in [2.75, 3.05) is 18.5 Å². The Kier molecular flexibility index (Phi) is 5.17. The second-order valence-corrected chi connectivity index (χ2v) is 8.69. The van der Waals surface area contributed by atoms with Gasteiger partial charge < -0.3 is 24.8 Å². The molecule has 0 aromatic carbocycles. The Balaban J connectivity index is 1.16. The Morgan fingerprint density at radius 2 is 2.09 bits per heavy atom. The molecule has 3 N–H and O–H groups in total. The van der Waals surface area contributed by atoms with Gasteiger partial charge in [-0.2, -0.15) is 18.3 Å². The predicted octanol–water partition coefficient (Wildman–Crippen LogP) is 2.36. The molecule has 14 heteroatoms. The maximum atomic E-state index is 12.5. The maximum absolute atomic E-state index is 12.5. The lowest BCUT2D eigenvalue weighted by Crippen LogP contribution is -2.68. The summed E-state index contributed by atoms with van der Waals surface area (Å²) in [7, 11) is 1.40. The number of aromatic amines is 1. The minimum Gasteiger partial charge on any atom is -0.487 e. The monoisotopic (exact) mass is 482 g/mol. The highest BCUT2D eigenvalue weighted by Crippen LogP contribution is 2.56. The van der Waals surface area contributed by atoms with Crippen LogP contribution in [0.4, 0.5) is 23.8 Å². The van der Waals surface area contributed by atoms with Crippen molar-refractivity contribution in [3.63, 3.8) is 0 Å². The molecule has 6 rings (SSSR count). The second kappa shape index (κ2) is 7.95. The first-order chi connectivity index (χ1) is 16.1. The summed E-state index contributed by atoms with van der Waals surface area (Å²) in [5, 5.41) is 15.9. The van der Waals surface area contributed by atoms with Gasteiger partial charge in [0, 0.05) is 30.8 Å². The fourth-order valence-electron chi connectivity index (χ4n) is 4.26. The number of alkyl carbamates (subject to hydrolysis) is 1. The van der Waals surface area contributed by atoms with E-state index >= 15 is 0 Å². The number of aryl methyl sites for hydroxylation is 1. The Morgan fingerprint density at radius 1 is 1.32 bits per heavy atom. The Morgan fingerprint density at radius 3 is 2.76 bits per heavy atom. The average Bonchev–Trinajstić information content (AvgIpc) is 3.41. The van der Waals surface area contributed by atoms with E-state index in [4.69, 9.17) is 9.47 Å². The smallest absolute Gasteiger partial charge is 0.422 e. The first-order valence-electron chi connectivity index (χ1n) is 10.5. The third-order valence-corrected chi connectivity index (χ3v) is 5.96. The highest BCUT2D eigenvalue weighted by Gasteiger charge is 2.57. The highest BCUT2D eigenvalue weighted by atomic mass is 19.4. The number of carbonyl (C=O) groups is 2.